The van der Waals surface area contributed by atoms with E-state index in [2.05, 4.69) is 11.9 Å². The first-order chi connectivity index (χ1) is 8.58. The average molecular weight is 245 g/mol. The summed E-state index contributed by atoms with van der Waals surface area (Å²) in [7, 11) is 0. The second-order valence-corrected chi connectivity index (χ2v) is 5.27. The standard InChI is InChI=1S/C14H15NO3/c1-14(6-2-3-7-14)13-15-10-5-4-9(12(16)17)8-11(10)18-13/h4-5,8H,2-3,6-7H2,1H3,(H,16,17). The second kappa shape index (κ2) is 3.83. The lowest BCUT2D eigenvalue weighted by Gasteiger charge is -2.17. The number of hydrogen-bond donors (Lipinski definition) is 1. The van der Waals surface area contributed by atoms with E-state index in [0.717, 1.165) is 24.2 Å². The maximum Gasteiger partial charge on any atom is 0.335 e. The highest BCUT2D eigenvalue weighted by molar-refractivity contribution is 5.91. The molecular weight excluding hydrogens is 230 g/mol. The highest BCUT2D eigenvalue weighted by Crippen LogP contribution is 2.41. The Morgan fingerprint density at radius 1 is 1.39 bits per heavy atom. The molecule has 1 saturated carbocycles. The van der Waals surface area contributed by atoms with Crippen molar-refractivity contribution in [2.75, 3.05) is 0 Å². The molecule has 4 nitrogen and oxygen atoms in total. The summed E-state index contributed by atoms with van der Waals surface area (Å²) in [5.41, 5.74) is 1.56. The zero-order valence-electron chi connectivity index (χ0n) is 10.3. The van der Waals surface area contributed by atoms with Gasteiger partial charge in [0.2, 0.25) is 5.89 Å². The van der Waals surface area contributed by atoms with Crippen molar-refractivity contribution >= 4 is 17.1 Å². The molecule has 0 radical (unpaired) electrons. The zero-order valence-corrected chi connectivity index (χ0v) is 10.3. The van der Waals surface area contributed by atoms with Crippen LogP contribution in [0.5, 0.6) is 0 Å². The summed E-state index contributed by atoms with van der Waals surface area (Å²) >= 11 is 0. The van der Waals surface area contributed by atoms with Gasteiger partial charge in [-0.25, -0.2) is 9.78 Å². The van der Waals surface area contributed by atoms with Gasteiger partial charge in [0.05, 0.1) is 5.56 Å². The predicted octanol–water partition coefficient (Wildman–Crippen LogP) is 3.36. The van der Waals surface area contributed by atoms with Gasteiger partial charge in [-0.1, -0.05) is 19.8 Å². The summed E-state index contributed by atoms with van der Waals surface area (Å²) in [6.07, 6.45) is 4.59. The summed E-state index contributed by atoms with van der Waals surface area (Å²) in [5.74, 6) is -0.195. The van der Waals surface area contributed by atoms with Gasteiger partial charge in [-0.15, -0.1) is 0 Å². The van der Waals surface area contributed by atoms with Gasteiger partial charge in [-0.3, -0.25) is 0 Å². The molecule has 1 fully saturated rings. The quantitative estimate of drug-likeness (QED) is 0.881. The van der Waals surface area contributed by atoms with Crippen LogP contribution in [0.2, 0.25) is 0 Å². The van der Waals surface area contributed by atoms with E-state index in [1.807, 2.05) is 0 Å². The number of carboxylic acid groups (broad SMARTS) is 1. The highest BCUT2D eigenvalue weighted by Gasteiger charge is 2.35. The molecule has 1 N–H and O–H groups in total. The fourth-order valence-electron chi connectivity index (χ4n) is 2.69. The number of fused-ring (bicyclic) bond motifs is 1. The third kappa shape index (κ3) is 1.68. The van der Waals surface area contributed by atoms with Crippen molar-refractivity contribution in [2.45, 2.75) is 38.0 Å². The predicted molar refractivity (Wildman–Crippen MR) is 66.8 cm³/mol. The van der Waals surface area contributed by atoms with Crippen molar-refractivity contribution < 1.29 is 14.3 Å². The molecule has 1 aromatic heterocycles. The molecule has 94 valence electrons. The number of nitrogens with zero attached hydrogens (tertiary/aromatic N) is 1. The molecule has 0 amide bonds. The third-order valence-electron chi connectivity index (χ3n) is 3.86. The van der Waals surface area contributed by atoms with Gasteiger partial charge in [0.25, 0.3) is 0 Å². The van der Waals surface area contributed by atoms with Crippen molar-refractivity contribution in [1.29, 1.82) is 0 Å². The lowest BCUT2D eigenvalue weighted by molar-refractivity contribution is 0.0697. The van der Waals surface area contributed by atoms with Crippen molar-refractivity contribution in [3.05, 3.63) is 29.7 Å². The normalized spacial score (nSPS) is 18.3. The zero-order chi connectivity index (χ0) is 12.8. The summed E-state index contributed by atoms with van der Waals surface area (Å²) in [6.45, 7) is 2.17. The number of aromatic nitrogens is 1. The Labute approximate surface area is 105 Å². The molecule has 1 heterocycles. The van der Waals surface area contributed by atoms with Gasteiger partial charge < -0.3 is 9.52 Å². The van der Waals surface area contributed by atoms with E-state index >= 15 is 0 Å². The molecule has 0 spiro atoms. The Kier molecular flexibility index (Phi) is 2.40. The number of benzene rings is 1. The van der Waals surface area contributed by atoms with E-state index in [4.69, 9.17) is 9.52 Å². The third-order valence-corrected chi connectivity index (χ3v) is 3.86. The van der Waals surface area contributed by atoms with Crippen LogP contribution in [0.25, 0.3) is 11.1 Å². The molecule has 0 unspecified atom stereocenters. The van der Waals surface area contributed by atoms with Crippen LogP contribution in [0.4, 0.5) is 0 Å². The molecule has 3 rings (SSSR count). The lowest BCUT2D eigenvalue weighted by Crippen LogP contribution is -2.16. The number of oxazole rings is 1. The number of carbonyl (C=O) groups is 1. The molecule has 18 heavy (non-hydrogen) atoms. The summed E-state index contributed by atoms with van der Waals surface area (Å²) in [4.78, 5) is 15.4. The molecule has 1 aromatic carbocycles. The maximum atomic E-state index is 10.9. The topological polar surface area (TPSA) is 63.3 Å². The highest BCUT2D eigenvalue weighted by atomic mass is 16.4. The molecule has 0 aliphatic heterocycles. The van der Waals surface area contributed by atoms with Crippen molar-refractivity contribution in [2.24, 2.45) is 0 Å². The van der Waals surface area contributed by atoms with E-state index in [9.17, 15) is 4.79 Å². The average Bonchev–Trinajstić information content (AvgIpc) is 2.94. The Morgan fingerprint density at radius 2 is 2.11 bits per heavy atom. The SMILES string of the molecule is CC1(c2nc3ccc(C(=O)O)cc3o2)CCCC1. The Hall–Kier alpha value is -1.84. The maximum absolute atomic E-state index is 10.9. The largest absolute Gasteiger partial charge is 0.478 e. The van der Waals surface area contributed by atoms with Crippen LogP contribution in [-0.2, 0) is 5.41 Å². The molecule has 0 saturated heterocycles. The number of rotatable bonds is 2. The van der Waals surface area contributed by atoms with Crippen LogP contribution in [0.3, 0.4) is 0 Å². The Morgan fingerprint density at radius 3 is 2.78 bits per heavy atom. The Bertz CT molecular complexity index is 609. The van der Waals surface area contributed by atoms with Crippen LogP contribution < -0.4 is 0 Å². The molecule has 2 aromatic rings. The molecule has 4 heteroatoms. The van der Waals surface area contributed by atoms with Gasteiger partial charge in [0.15, 0.2) is 5.58 Å². The summed E-state index contributed by atoms with van der Waals surface area (Å²) in [5, 5.41) is 8.95. The minimum atomic E-state index is -0.943. The van der Waals surface area contributed by atoms with Crippen LogP contribution in [0.15, 0.2) is 22.6 Å². The van der Waals surface area contributed by atoms with Crippen molar-refractivity contribution in [3.63, 3.8) is 0 Å². The van der Waals surface area contributed by atoms with Crippen molar-refractivity contribution in [3.8, 4) is 0 Å². The second-order valence-electron chi connectivity index (χ2n) is 5.27. The minimum Gasteiger partial charge on any atom is -0.478 e. The van der Waals surface area contributed by atoms with Gasteiger partial charge >= 0.3 is 5.97 Å². The van der Waals surface area contributed by atoms with E-state index in [1.165, 1.54) is 12.8 Å². The molecule has 0 atom stereocenters. The number of carboxylic acids is 1. The Balaban J connectivity index is 2.08. The fourth-order valence-corrected chi connectivity index (χ4v) is 2.69. The first-order valence-electron chi connectivity index (χ1n) is 6.23. The van der Waals surface area contributed by atoms with Gasteiger partial charge in [0.1, 0.15) is 5.52 Å². The van der Waals surface area contributed by atoms with Crippen LogP contribution in [-0.4, -0.2) is 16.1 Å². The van der Waals surface area contributed by atoms with Crippen molar-refractivity contribution in [1.82, 2.24) is 4.98 Å². The summed E-state index contributed by atoms with van der Waals surface area (Å²) in [6, 6.07) is 4.82. The minimum absolute atomic E-state index is 0.0163. The molecule has 0 bridgehead atoms. The molecule has 1 aliphatic carbocycles. The summed E-state index contributed by atoms with van der Waals surface area (Å²) < 4.78 is 5.77. The number of hydrogen-bond acceptors (Lipinski definition) is 3. The van der Waals surface area contributed by atoms with E-state index in [0.29, 0.717) is 5.58 Å². The molecule has 1 aliphatic rings. The first kappa shape index (κ1) is 11.3. The van der Waals surface area contributed by atoms with Gasteiger partial charge in [-0.05, 0) is 31.0 Å². The lowest BCUT2D eigenvalue weighted by atomic mass is 9.89. The van der Waals surface area contributed by atoms with Gasteiger partial charge in [0, 0.05) is 5.41 Å². The van der Waals surface area contributed by atoms with E-state index < -0.39 is 5.97 Å². The monoisotopic (exact) mass is 245 g/mol. The van der Waals surface area contributed by atoms with Gasteiger partial charge in [-0.2, -0.15) is 0 Å². The van der Waals surface area contributed by atoms with Crippen LogP contribution >= 0.6 is 0 Å². The first-order valence-corrected chi connectivity index (χ1v) is 6.23. The van der Waals surface area contributed by atoms with Crippen LogP contribution in [0, 0.1) is 0 Å². The van der Waals surface area contributed by atoms with E-state index in [1.54, 1.807) is 18.2 Å². The fraction of sp³-hybridized carbons (Fsp3) is 0.429. The van der Waals surface area contributed by atoms with Crippen LogP contribution in [0.1, 0.15) is 48.9 Å². The molecular formula is C14H15NO3. The smallest absolute Gasteiger partial charge is 0.335 e. The van der Waals surface area contributed by atoms with E-state index in [-0.39, 0.29) is 11.0 Å². The number of aromatic carboxylic acids is 1.